The van der Waals surface area contributed by atoms with Crippen molar-refractivity contribution < 1.29 is 18.0 Å². The molecule has 0 aliphatic carbocycles. The molecule has 0 radical (unpaired) electrons. The third-order valence-corrected chi connectivity index (χ3v) is 8.55. The minimum atomic E-state index is -3.65. The molecule has 0 spiro atoms. The Morgan fingerprint density at radius 1 is 0.909 bits per heavy atom. The smallest absolute Gasteiger partial charge is 0.243 e. The van der Waals surface area contributed by atoms with E-state index in [2.05, 4.69) is 17.0 Å². The number of likely N-dealkylation sites (tertiary alicyclic amines) is 1. The number of carbonyl (C=O) groups excluding carboxylic acids is 2. The Hall–Kier alpha value is -2.55. The highest BCUT2D eigenvalue weighted by molar-refractivity contribution is 7.89. The minimum absolute atomic E-state index is 0.0674. The van der Waals surface area contributed by atoms with Crippen LogP contribution >= 0.6 is 0 Å². The third kappa shape index (κ3) is 5.51. The van der Waals surface area contributed by atoms with Crippen LogP contribution < -0.4 is 0 Å². The van der Waals surface area contributed by atoms with Gasteiger partial charge in [0.2, 0.25) is 15.9 Å². The third-order valence-electron chi connectivity index (χ3n) is 6.64. The second kappa shape index (κ2) is 10.2. The Balaban J connectivity index is 1.31. The van der Waals surface area contributed by atoms with Gasteiger partial charge in [-0.1, -0.05) is 42.5 Å². The number of amides is 1. The summed E-state index contributed by atoms with van der Waals surface area (Å²) in [6.45, 7) is 4.09. The summed E-state index contributed by atoms with van der Waals surface area (Å²) < 4.78 is 27.4. The van der Waals surface area contributed by atoms with Crippen molar-refractivity contribution in [2.75, 3.05) is 39.3 Å². The average Bonchev–Trinajstić information content (AvgIpc) is 3.26. The molecule has 2 fully saturated rings. The standard InChI is InChI=1S/C25H31N3O4S/c1-20(29)22-9-11-24(12-10-22)33(31,32)28-16-14-26(15-17-28)25(30)19-27-13-5-8-23(27)18-21-6-3-2-4-7-21/h2-4,6-7,9-12,23H,5,8,13-19H2,1H3. The Morgan fingerprint density at radius 3 is 2.21 bits per heavy atom. The van der Waals surface area contributed by atoms with E-state index in [9.17, 15) is 18.0 Å². The van der Waals surface area contributed by atoms with Crippen molar-refractivity contribution in [3.05, 3.63) is 65.7 Å². The Kier molecular flexibility index (Phi) is 7.26. The molecule has 2 aliphatic rings. The van der Waals surface area contributed by atoms with Crippen LogP contribution in [-0.4, -0.2) is 79.5 Å². The first-order valence-electron chi connectivity index (χ1n) is 11.5. The summed E-state index contributed by atoms with van der Waals surface area (Å²) in [5.41, 5.74) is 1.77. The van der Waals surface area contributed by atoms with Gasteiger partial charge in [0.1, 0.15) is 0 Å². The van der Waals surface area contributed by atoms with Gasteiger partial charge in [0.15, 0.2) is 5.78 Å². The first-order valence-corrected chi connectivity index (χ1v) is 13.0. The fourth-order valence-electron chi connectivity index (χ4n) is 4.68. The molecule has 2 aromatic carbocycles. The Labute approximate surface area is 196 Å². The van der Waals surface area contributed by atoms with E-state index < -0.39 is 10.0 Å². The van der Waals surface area contributed by atoms with Gasteiger partial charge in [-0.05, 0) is 50.4 Å². The maximum atomic E-state index is 13.0. The van der Waals surface area contributed by atoms with Crippen LogP contribution in [0.1, 0.15) is 35.7 Å². The van der Waals surface area contributed by atoms with Gasteiger partial charge in [0, 0.05) is 37.8 Å². The zero-order valence-electron chi connectivity index (χ0n) is 19.0. The molecule has 2 saturated heterocycles. The van der Waals surface area contributed by atoms with Crippen LogP contribution in [0.2, 0.25) is 0 Å². The summed E-state index contributed by atoms with van der Waals surface area (Å²) >= 11 is 0. The molecular weight excluding hydrogens is 438 g/mol. The number of rotatable bonds is 7. The van der Waals surface area contributed by atoms with E-state index in [0.29, 0.717) is 31.2 Å². The lowest BCUT2D eigenvalue weighted by atomic mass is 10.0. The number of sulfonamides is 1. The van der Waals surface area contributed by atoms with Crippen LogP contribution in [0.15, 0.2) is 59.5 Å². The zero-order chi connectivity index (χ0) is 23.4. The van der Waals surface area contributed by atoms with Gasteiger partial charge in [-0.25, -0.2) is 8.42 Å². The van der Waals surface area contributed by atoms with Gasteiger partial charge < -0.3 is 4.90 Å². The van der Waals surface area contributed by atoms with Crippen molar-refractivity contribution in [3.8, 4) is 0 Å². The predicted octanol–water partition coefficient (Wildman–Crippen LogP) is 2.43. The van der Waals surface area contributed by atoms with E-state index in [1.54, 1.807) is 4.90 Å². The molecule has 1 amide bonds. The lowest BCUT2D eigenvalue weighted by Crippen LogP contribution is -2.53. The van der Waals surface area contributed by atoms with E-state index in [-0.39, 0.29) is 29.7 Å². The van der Waals surface area contributed by atoms with Crippen LogP contribution in [0.3, 0.4) is 0 Å². The van der Waals surface area contributed by atoms with Crippen LogP contribution in [0.5, 0.6) is 0 Å². The van der Waals surface area contributed by atoms with E-state index in [1.807, 2.05) is 18.2 Å². The van der Waals surface area contributed by atoms with E-state index in [4.69, 9.17) is 0 Å². The van der Waals surface area contributed by atoms with Crippen LogP contribution in [0.25, 0.3) is 0 Å². The topological polar surface area (TPSA) is 78.0 Å². The van der Waals surface area contributed by atoms with E-state index in [0.717, 1.165) is 25.8 Å². The largest absolute Gasteiger partial charge is 0.339 e. The number of benzene rings is 2. The van der Waals surface area contributed by atoms with Crippen LogP contribution in [0, 0.1) is 0 Å². The molecule has 33 heavy (non-hydrogen) atoms. The number of nitrogens with zero attached hydrogens (tertiary/aromatic N) is 3. The van der Waals surface area contributed by atoms with Crippen LogP contribution in [0.4, 0.5) is 0 Å². The fourth-order valence-corrected chi connectivity index (χ4v) is 6.11. The molecule has 0 saturated carbocycles. The number of hydrogen-bond acceptors (Lipinski definition) is 5. The molecular formula is C25H31N3O4S. The fraction of sp³-hybridized carbons (Fsp3) is 0.440. The SMILES string of the molecule is CC(=O)c1ccc(S(=O)(=O)N2CCN(C(=O)CN3CCCC3Cc3ccccc3)CC2)cc1. The van der Waals surface area contributed by atoms with Gasteiger partial charge in [-0.3, -0.25) is 14.5 Å². The van der Waals surface area contributed by atoms with E-state index >= 15 is 0 Å². The van der Waals surface area contributed by atoms with Crippen LogP contribution in [-0.2, 0) is 21.2 Å². The summed E-state index contributed by atoms with van der Waals surface area (Å²) in [6, 6.07) is 16.8. The molecule has 2 aromatic rings. The van der Waals surface area contributed by atoms with Crippen molar-refractivity contribution in [2.24, 2.45) is 0 Å². The quantitative estimate of drug-likeness (QED) is 0.582. The maximum absolute atomic E-state index is 13.0. The van der Waals surface area contributed by atoms with Crippen molar-refractivity contribution in [3.63, 3.8) is 0 Å². The molecule has 1 unspecified atom stereocenters. The molecule has 2 heterocycles. The lowest BCUT2D eigenvalue weighted by molar-refractivity contribution is -0.133. The highest BCUT2D eigenvalue weighted by atomic mass is 32.2. The monoisotopic (exact) mass is 469 g/mol. The predicted molar refractivity (Wildman–Crippen MR) is 127 cm³/mol. The molecule has 1 atom stereocenters. The van der Waals surface area contributed by atoms with Gasteiger partial charge in [-0.2, -0.15) is 4.31 Å². The second-order valence-electron chi connectivity index (χ2n) is 8.82. The maximum Gasteiger partial charge on any atom is 0.243 e. The molecule has 4 rings (SSSR count). The van der Waals surface area contributed by atoms with Gasteiger partial charge in [0.05, 0.1) is 11.4 Å². The lowest BCUT2D eigenvalue weighted by Gasteiger charge is -2.35. The molecule has 0 aromatic heterocycles. The van der Waals surface area contributed by atoms with Gasteiger partial charge >= 0.3 is 0 Å². The molecule has 0 bridgehead atoms. The highest BCUT2D eigenvalue weighted by Gasteiger charge is 2.32. The second-order valence-corrected chi connectivity index (χ2v) is 10.8. The molecule has 2 aliphatic heterocycles. The number of carbonyl (C=O) groups is 2. The van der Waals surface area contributed by atoms with Gasteiger partial charge in [0.25, 0.3) is 0 Å². The normalized spacial score (nSPS) is 20.2. The van der Waals surface area contributed by atoms with E-state index in [1.165, 1.54) is 41.1 Å². The molecule has 176 valence electrons. The number of hydrogen-bond donors (Lipinski definition) is 0. The summed E-state index contributed by atoms with van der Waals surface area (Å²) in [6.07, 6.45) is 3.14. The Morgan fingerprint density at radius 2 is 1.58 bits per heavy atom. The number of piperazine rings is 1. The Bertz CT molecular complexity index is 1080. The summed E-state index contributed by atoms with van der Waals surface area (Å²) in [4.78, 5) is 28.6. The van der Waals surface area contributed by atoms with Gasteiger partial charge in [-0.15, -0.1) is 0 Å². The molecule has 7 nitrogen and oxygen atoms in total. The van der Waals surface area contributed by atoms with Crippen molar-refractivity contribution in [2.45, 2.75) is 37.1 Å². The average molecular weight is 470 g/mol. The van der Waals surface area contributed by atoms with Crippen molar-refractivity contribution >= 4 is 21.7 Å². The minimum Gasteiger partial charge on any atom is -0.339 e. The summed E-state index contributed by atoms with van der Waals surface area (Å²) in [5, 5.41) is 0. The zero-order valence-corrected chi connectivity index (χ0v) is 19.8. The number of Topliss-reactive ketones (excluding diaryl/α,β-unsaturated/α-hetero) is 1. The highest BCUT2D eigenvalue weighted by Crippen LogP contribution is 2.22. The van der Waals surface area contributed by atoms with Crippen molar-refractivity contribution in [1.82, 2.24) is 14.1 Å². The first-order chi connectivity index (χ1) is 15.8. The summed E-state index contributed by atoms with van der Waals surface area (Å²) in [7, 11) is -3.65. The number of ketones is 1. The first kappa shape index (κ1) is 23.6. The summed E-state index contributed by atoms with van der Waals surface area (Å²) in [5.74, 6) is -0.0343. The van der Waals surface area contributed by atoms with Crippen molar-refractivity contribution in [1.29, 1.82) is 0 Å². The molecule has 8 heteroatoms. The molecule has 0 N–H and O–H groups in total.